The van der Waals surface area contributed by atoms with Crippen molar-refractivity contribution < 1.29 is 0 Å². The van der Waals surface area contributed by atoms with Crippen molar-refractivity contribution >= 4 is 5.82 Å². The molecule has 1 N–H and O–H groups in total. The fourth-order valence-electron chi connectivity index (χ4n) is 2.70. The van der Waals surface area contributed by atoms with Gasteiger partial charge in [0, 0.05) is 44.0 Å². The molecule has 19 heavy (non-hydrogen) atoms. The number of hydrogen-bond acceptors (Lipinski definition) is 4. The van der Waals surface area contributed by atoms with Crippen molar-refractivity contribution in [2.45, 2.75) is 26.8 Å². The lowest BCUT2D eigenvalue weighted by molar-refractivity contribution is 0.270. The van der Waals surface area contributed by atoms with Crippen LogP contribution in [0.5, 0.6) is 0 Å². The number of likely N-dealkylation sites (N-methyl/N-ethyl adjacent to an activating group) is 1. The van der Waals surface area contributed by atoms with Crippen molar-refractivity contribution in [3.8, 4) is 0 Å². The molecule has 4 nitrogen and oxygen atoms in total. The predicted molar refractivity (Wildman–Crippen MR) is 80.7 cm³/mol. The number of anilines is 1. The lowest BCUT2D eigenvalue weighted by atomic mass is 10.1. The first-order chi connectivity index (χ1) is 9.26. The number of piperazine rings is 1. The van der Waals surface area contributed by atoms with E-state index in [1.165, 1.54) is 5.56 Å². The van der Waals surface area contributed by atoms with E-state index in [-0.39, 0.29) is 0 Å². The maximum atomic E-state index is 4.62. The first kappa shape index (κ1) is 14.3. The molecule has 0 spiro atoms. The van der Waals surface area contributed by atoms with Crippen LogP contribution >= 0.6 is 0 Å². The third-order valence-electron chi connectivity index (χ3n) is 3.91. The van der Waals surface area contributed by atoms with Gasteiger partial charge in [0.15, 0.2) is 0 Å². The molecule has 4 heteroatoms. The normalized spacial score (nSPS) is 18.6. The van der Waals surface area contributed by atoms with Crippen molar-refractivity contribution in [1.82, 2.24) is 15.2 Å². The van der Waals surface area contributed by atoms with E-state index in [2.05, 4.69) is 46.9 Å². The van der Waals surface area contributed by atoms with E-state index in [4.69, 9.17) is 0 Å². The van der Waals surface area contributed by atoms with Crippen LogP contribution in [-0.4, -0.2) is 49.2 Å². The predicted octanol–water partition coefficient (Wildman–Crippen LogP) is 1.89. The Morgan fingerprint density at radius 3 is 2.63 bits per heavy atom. The molecule has 1 saturated heterocycles. The average molecular weight is 262 g/mol. The van der Waals surface area contributed by atoms with Gasteiger partial charge in [-0.3, -0.25) is 0 Å². The van der Waals surface area contributed by atoms with Crippen LogP contribution in [0.3, 0.4) is 0 Å². The number of nitrogens with zero attached hydrogens (tertiary/aromatic N) is 3. The number of aromatic nitrogens is 1. The molecule has 1 atom stereocenters. The van der Waals surface area contributed by atoms with Crippen LogP contribution in [0.4, 0.5) is 5.82 Å². The molecule has 0 amide bonds. The van der Waals surface area contributed by atoms with Gasteiger partial charge in [0.1, 0.15) is 5.82 Å². The van der Waals surface area contributed by atoms with E-state index in [9.17, 15) is 0 Å². The Kier molecular flexibility index (Phi) is 5.16. The fourth-order valence-corrected chi connectivity index (χ4v) is 2.70. The molecule has 1 aliphatic rings. The summed E-state index contributed by atoms with van der Waals surface area (Å²) >= 11 is 0. The van der Waals surface area contributed by atoms with Crippen LogP contribution in [0, 0.1) is 0 Å². The highest BCUT2D eigenvalue weighted by Gasteiger charge is 2.20. The fraction of sp³-hybridized carbons (Fsp3) is 0.667. The van der Waals surface area contributed by atoms with Gasteiger partial charge in [-0.2, -0.15) is 0 Å². The molecule has 1 unspecified atom stereocenters. The van der Waals surface area contributed by atoms with Crippen LogP contribution in [0.15, 0.2) is 18.3 Å². The summed E-state index contributed by atoms with van der Waals surface area (Å²) in [6.07, 6.45) is 1.91. The van der Waals surface area contributed by atoms with E-state index in [1.54, 1.807) is 0 Å². The molecule has 1 aromatic rings. The Balaban J connectivity index is 2.11. The largest absolute Gasteiger partial charge is 0.354 e. The van der Waals surface area contributed by atoms with E-state index in [1.807, 2.05) is 12.3 Å². The monoisotopic (exact) mass is 262 g/mol. The summed E-state index contributed by atoms with van der Waals surface area (Å²) in [4.78, 5) is 9.54. The third-order valence-corrected chi connectivity index (χ3v) is 3.91. The third kappa shape index (κ3) is 3.45. The highest BCUT2D eigenvalue weighted by Crippen LogP contribution is 2.24. The molecule has 0 aliphatic carbocycles. The summed E-state index contributed by atoms with van der Waals surface area (Å²) in [5.74, 6) is 1.16. The van der Waals surface area contributed by atoms with Crippen LogP contribution in [0.2, 0.25) is 0 Å². The van der Waals surface area contributed by atoms with Crippen molar-refractivity contribution in [2.24, 2.45) is 0 Å². The summed E-state index contributed by atoms with van der Waals surface area (Å²) in [5.41, 5.74) is 1.31. The Bertz CT molecular complexity index is 385. The first-order valence-electron chi connectivity index (χ1n) is 7.41. The van der Waals surface area contributed by atoms with E-state index >= 15 is 0 Å². The van der Waals surface area contributed by atoms with Crippen molar-refractivity contribution in [3.05, 3.63) is 23.9 Å². The van der Waals surface area contributed by atoms with Gasteiger partial charge in [0.2, 0.25) is 0 Å². The minimum absolute atomic E-state index is 0.359. The standard InChI is InChI=1S/C15H26N4/c1-4-16-13(3)14-7-6-8-17-15(14)19-11-9-18(5-2)10-12-19/h6-8,13,16H,4-5,9-12H2,1-3H3. The zero-order chi connectivity index (χ0) is 13.7. The minimum atomic E-state index is 0.359. The highest BCUT2D eigenvalue weighted by atomic mass is 15.3. The van der Waals surface area contributed by atoms with Gasteiger partial charge in [-0.15, -0.1) is 0 Å². The van der Waals surface area contributed by atoms with Crippen LogP contribution in [0.25, 0.3) is 0 Å². The topological polar surface area (TPSA) is 31.4 Å². The van der Waals surface area contributed by atoms with Crippen LogP contribution < -0.4 is 10.2 Å². The van der Waals surface area contributed by atoms with Gasteiger partial charge in [0.25, 0.3) is 0 Å². The van der Waals surface area contributed by atoms with Crippen molar-refractivity contribution in [1.29, 1.82) is 0 Å². The second kappa shape index (κ2) is 6.87. The maximum Gasteiger partial charge on any atom is 0.133 e. The molecule has 0 radical (unpaired) electrons. The zero-order valence-corrected chi connectivity index (χ0v) is 12.4. The zero-order valence-electron chi connectivity index (χ0n) is 12.4. The summed E-state index contributed by atoms with van der Waals surface area (Å²) < 4.78 is 0. The van der Waals surface area contributed by atoms with Gasteiger partial charge >= 0.3 is 0 Å². The Hall–Kier alpha value is -1.13. The summed E-state index contributed by atoms with van der Waals surface area (Å²) in [6.45, 7) is 13.2. The van der Waals surface area contributed by atoms with E-state index in [0.29, 0.717) is 6.04 Å². The lowest BCUT2D eigenvalue weighted by Crippen LogP contribution is -2.47. The Labute approximate surface area is 116 Å². The molecule has 0 aromatic carbocycles. The molecule has 0 bridgehead atoms. The molecule has 2 rings (SSSR count). The van der Waals surface area contributed by atoms with Gasteiger partial charge in [-0.1, -0.05) is 19.9 Å². The molecule has 1 aliphatic heterocycles. The number of rotatable bonds is 5. The van der Waals surface area contributed by atoms with Gasteiger partial charge in [-0.05, 0) is 26.1 Å². The van der Waals surface area contributed by atoms with Crippen molar-refractivity contribution in [2.75, 3.05) is 44.2 Å². The van der Waals surface area contributed by atoms with Crippen LogP contribution in [0.1, 0.15) is 32.4 Å². The number of nitrogens with one attached hydrogen (secondary N) is 1. The van der Waals surface area contributed by atoms with Gasteiger partial charge in [-0.25, -0.2) is 4.98 Å². The Morgan fingerprint density at radius 1 is 1.26 bits per heavy atom. The SMILES string of the molecule is CCNC(C)c1cccnc1N1CCN(CC)CC1. The summed E-state index contributed by atoms with van der Waals surface area (Å²) in [7, 11) is 0. The molecule has 2 heterocycles. The maximum absolute atomic E-state index is 4.62. The second-order valence-electron chi connectivity index (χ2n) is 5.12. The van der Waals surface area contributed by atoms with Crippen LogP contribution in [-0.2, 0) is 0 Å². The van der Waals surface area contributed by atoms with E-state index < -0.39 is 0 Å². The molecule has 0 saturated carbocycles. The van der Waals surface area contributed by atoms with Gasteiger partial charge in [0.05, 0.1) is 0 Å². The summed E-state index contributed by atoms with van der Waals surface area (Å²) in [6, 6.07) is 4.59. The first-order valence-corrected chi connectivity index (χ1v) is 7.41. The lowest BCUT2D eigenvalue weighted by Gasteiger charge is -2.36. The quantitative estimate of drug-likeness (QED) is 0.878. The highest BCUT2D eigenvalue weighted by molar-refractivity contribution is 5.48. The molecular weight excluding hydrogens is 236 g/mol. The number of pyridine rings is 1. The number of hydrogen-bond donors (Lipinski definition) is 1. The molecule has 1 fully saturated rings. The molecule has 1 aromatic heterocycles. The molecular formula is C15H26N4. The average Bonchev–Trinajstić information content (AvgIpc) is 2.47. The van der Waals surface area contributed by atoms with Crippen molar-refractivity contribution in [3.63, 3.8) is 0 Å². The van der Waals surface area contributed by atoms with E-state index in [0.717, 1.165) is 45.1 Å². The summed E-state index contributed by atoms with van der Waals surface area (Å²) in [5, 5.41) is 3.48. The second-order valence-corrected chi connectivity index (χ2v) is 5.12. The molecule has 106 valence electrons. The smallest absolute Gasteiger partial charge is 0.133 e. The van der Waals surface area contributed by atoms with Gasteiger partial charge < -0.3 is 15.1 Å². The minimum Gasteiger partial charge on any atom is -0.354 e. The Morgan fingerprint density at radius 2 is 2.00 bits per heavy atom.